The summed E-state index contributed by atoms with van der Waals surface area (Å²) in [5.41, 5.74) is 1.79. The van der Waals surface area contributed by atoms with Crippen molar-refractivity contribution in [2.45, 2.75) is 23.3 Å². The molecule has 0 unspecified atom stereocenters. The molecule has 0 fully saturated rings. The number of amides is 1. The van der Waals surface area contributed by atoms with Crippen LogP contribution >= 0.6 is 11.6 Å². The summed E-state index contributed by atoms with van der Waals surface area (Å²) in [7, 11) is -3.69. The lowest BCUT2D eigenvalue weighted by molar-refractivity contribution is 0.0950. The minimum absolute atomic E-state index is 0.165. The minimum Gasteiger partial charge on any atom is -0.348 e. The molecule has 0 saturated carbocycles. The number of fused-ring (bicyclic) bond motifs is 1. The van der Waals surface area contributed by atoms with Gasteiger partial charge in [0.2, 0.25) is 15.6 Å². The van der Waals surface area contributed by atoms with Crippen LogP contribution in [0.2, 0.25) is 5.02 Å². The number of hydrogen-bond acceptors (Lipinski definition) is 5. The van der Waals surface area contributed by atoms with Crippen molar-refractivity contribution in [2.24, 2.45) is 0 Å². The molecule has 152 valence electrons. The summed E-state index contributed by atoms with van der Waals surface area (Å²) in [4.78, 5) is 20.9. The van der Waals surface area contributed by atoms with E-state index in [4.69, 9.17) is 11.6 Å². The third-order valence-corrected chi connectivity index (χ3v) is 6.78. The number of sulfone groups is 1. The molecule has 4 aromatic rings. The average molecular weight is 441 g/mol. The Morgan fingerprint density at radius 2 is 1.90 bits per heavy atom. The molecule has 0 aliphatic heterocycles. The predicted octanol–water partition coefficient (Wildman–Crippen LogP) is 3.45. The number of nitrogens with one attached hydrogen (secondary N) is 1. The molecule has 1 amide bonds. The minimum atomic E-state index is -3.69. The quantitative estimate of drug-likeness (QED) is 0.513. The van der Waals surface area contributed by atoms with Gasteiger partial charge in [-0.25, -0.2) is 18.4 Å². The number of imidazole rings is 1. The van der Waals surface area contributed by atoms with Gasteiger partial charge in [0.15, 0.2) is 0 Å². The van der Waals surface area contributed by atoms with Crippen molar-refractivity contribution < 1.29 is 13.2 Å². The molecule has 0 atom stereocenters. The molecule has 2 aromatic heterocycles. The Bertz CT molecular complexity index is 1350. The van der Waals surface area contributed by atoms with Crippen LogP contribution in [0.4, 0.5) is 0 Å². The lowest BCUT2D eigenvalue weighted by Crippen LogP contribution is -2.23. The molecule has 0 saturated heterocycles. The van der Waals surface area contributed by atoms with E-state index in [0.29, 0.717) is 21.9 Å². The van der Waals surface area contributed by atoms with Crippen LogP contribution in [0.3, 0.4) is 0 Å². The van der Waals surface area contributed by atoms with E-state index in [-0.39, 0.29) is 22.2 Å². The van der Waals surface area contributed by atoms with Crippen molar-refractivity contribution in [3.05, 3.63) is 89.0 Å². The van der Waals surface area contributed by atoms with E-state index in [0.717, 1.165) is 5.56 Å². The number of aromatic nitrogens is 3. The van der Waals surface area contributed by atoms with E-state index in [2.05, 4.69) is 15.3 Å². The Labute approximate surface area is 178 Å². The fraction of sp³-hybridized carbons (Fsp3) is 0.0952. The topological polar surface area (TPSA) is 93.4 Å². The molecule has 1 N–H and O–H groups in total. The van der Waals surface area contributed by atoms with Crippen LogP contribution < -0.4 is 5.32 Å². The monoisotopic (exact) mass is 440 g/mol. The van der Waals surface area contributed by atoms with Gasteiger partial charge in [0.25, 0.3) is 5.91 Å². The molecule has 0 aliphatic rings. The van der Waals surface area contributed by atoms with Gasteiger partial charge in [-0.15, -0.1) is 0 Å². The van der Waals surface area contributed by atoms with E-state index in [1.807, 2.05) is 0 Å². The molecule has 0 radical (unpaired) electrons. The smallest absolute Gasteiger partial charge is 0.254 e. The molecule has 2 heterocycles. The van der Waals surface area contributed by atoms with Crippen molar-refractivity contribution in [3.63, 3.8) is 0 Å². The highest BCUT2D eigenvalue weighted by Crippen LogP contribution is 2.26. The van der Waals surface area contributed by atoms with Gasteiger partial charge in [-0.2, -0.15) is 0 Å². The summed E-state index contributed by atoms with van der Waals surface area (Å²) in [6.07, 6.45) is 6.42. The first-order valence-electron chi connectivity index (χ1n) is 9.02. The molecule has 7 nitrogen and oxygen atoms in total. The summed E-state index contributed by atoms with van der Waals surface area (Å²) in [6, 6.07) is 11.2. The number of benzene rings is 2. The van der Waals surface area contributed by atoms with E-state index in [9.17, 15) is 13.2 Å². The highest BCUT2D eigenvalue weighted by Gasteiger charge is 2.20. The van der Waals surface area contributed by atoms with E-state index >= 15 is 0 Å². The normalized spacial score (nSPS) is 11.5. The standard InChI is InChI=1S/C21H17ClN4O3S/c1-14-2-5-17(22)10-19(14)30(28,29)18-6-3-15(4-7-18)11-24-20(27)16-12-25-21-23-8-9-26(21)13-16/h2-10,12-13H,11H2,1H3,(H,24,27). The number of nitrogens with zero attached hydrogens (tertiary/aromatic N) is 3. The van der Waals surface area contributed by atoms with E-state index < -0.39 is 9.84 Å². The van der Waals surface area contributed by atoms with Crippen LogP contribution in [0.15, 0.2) is 77.0 Å². The second kappa shape index (κ2) is 7.89. The summed E-state index contributed by atoms with van der Waals surface area (Å²) >= 11 is 5.97. The van der Waals surface area contributed by atoms with Crippen LogP contribution in [0, 0.1) is 6.92 Å². The number of carbonyl (C=O) groups excluding carboxylic acids is 1. The molecule has 9 heteroatoms. The highest BCUT2D eigenvalue weighted by molar-refractivity contribution is 7.91. The van der Waals surface area contributed by atoms with Crippen molar-refractivity contribution in [2.75, 3.05) is 0 Å². The number of aryl methyl sites for hydroxylation is 1. The van der Waals surface area contributed by atoms with Crippen molar-refractivity contribution >= 4 is 33.1 Å². The zero-order valence-electron chi connectivity index (χ0n) is 15.9. The summed E-state index contributed by atoms with van der Waals surface area (Å²) in [5, 5.41) is 3.16. The van der Waals surface area contributed by atoms with Crippen molar-refractivity contribution in [1.82, 2.24) is 19.7 Å². The first-order valence-corrected chi connectivity index (χ1v) is 10.9. The van der Waals surface area contributed by atoms with Crippen LogP contribution in [0.5, 0.6) is 0 Å². The predicted molar refractivity (Wildman–Crippen MR) is 112 cm³/mol. The first-order chi connectivity index (χ1) is 14.3. The first kappa shape index (κ1) is 20.1. The maximum Gasteiger partial charge on any atom is 0.254 e. The molecule has 4 rings (SSSR count). The zero-order valence-corrected chi connectivity index (χ0v) is 17.5. The van der Waals surface area contributed by atoms with Crippen molar-refractivity contribution in [1.29, 1.82) is 0 Å². The average Bonchev–Trinajstić information content (AvgIpc) is 3.22. The molecule has 2 aromatic carbocycles. The Hall–Kier alpha value is -3.23. The van der Waals surface area contributed by atoms with Gasteiger partial charge in [-0.05, 0) is 42.3 Å². The van der Waals surface area contributed by atoms with Gasteiger partial charge < -0.3 is 5.32 Å². The molecular weight excluding hydrogens is 424 g/mol. The van der Waals surface area contributed by atoms with Gasteiger partial charge in [-0.3, -0.25) is 9.20 Å². The van der Waals surface area contributed by atoms with Crippen molar-refractivity contribution in [3.8, 4) is 0 Å². The van der Waals surface area contributed by atoms with Gasteiger partial charge in [0, 0.05) is 36.4 Å². The summed E-state index contributed by atoms with van der Waals surface area (Å²) in [6.45, 7) is 1.97. The molecule has 0 spiro atoms. The Kier molecular flexibility index (Phi) is 5.27. The highest BCUT2D eigenvalue weighted by atomic mass is 35.5. The maximum atomic E-state index is 12.9. The summed E-state index contributed by atoms with van der Waals surface area (Å²) in [5.74, 6) is 0.225. The Morgan fingerprint density at radius 1 is 1.13 bits per heavy atom. The second-order valence-electron chi connectivity index (χ2n) is 6.72. The molecule has 0 aliphatic carbocycles. The number of carbonyl (C=O) groups is 1. The van der Waals surface area contributed by atoms with Crippen LogP contribution in [0.25, 0.3) is 5.78 Å². The van der Waals surface area contributed by atoms with Crippen LogP contribution in [-0.4, -0.2) is 28.7 Å². The lowest BCUT2D eigenvalue weighted by Gasteiger charge is -2.10. The van der Waals surface area contributed by atoms with E-state index in [1.165, 1.54) is 24.4 Å². The fourth-order valence-electron chi connectivity index (χ4n) is 2.99. The van der Waals surface area contributed by atoms with E-state index in [1.54, 1.807) is 54.2 Å². The Balaban J connectivity index is 1.48. The van der Waals surface area contributed by atoms with Gasteiger partial charge in [-0.1, -0.05) is 29.8 Å². The summed E-state index contributed by atoms with van der Waals surface area (Å²) < 4.78 is 27.5. The molecular formula is C21H17ClN4O3S. The number of hydrogen-bond donors (Lipinski definition) is 1. The lowest BCUT2D eigenvalue weighted by atomic mass is 10.2. The Morgan fingerprint density at radius 3 is 2.67 bits per heavy atom. The van der Waals surface area contributed by atoms with Crippen LogP contribution in [-0.2, 0) is 16.4 Å². The second-order valence-corrected chi connectivity index (χ2v) is 9.07. The van der Waals surface area contributed by atoms with Gasteiger partial charge >= 0.3 is 0 Å². The van der Waals surface area contributed by atoms with Gasteiger partial charge in [0.05, 0.1) is 15.4 Å². The largest absolute Gasteiger partial charge is 0.348 e. The SMILES string of the molecule is Cc1ccc(Cl)cc1S(=O)(=O)c1ccc(CNC(=O)c2cnc3nccn3c2)cc1. The fourth-order valence-corrected chi connectivity index (χ4v) is 4.75. The van der Waals surface area contributed by atoms with Crippen LogP contribution in [0.1, 0.15) is 21.5 Å². The number of halogens is 1. The maximum absolute atomic E-state index is 12.9. The molecule has 30 heavy (non-hydrogen) atoms. The third-order valence-electron chi connectivity index (χ3n) is 4.63. The number of rotatable bonds is 5. The molecule has 0 bridgehead atoms. The van der Waals surface area contributed by atoms with Gasteiger partial charge in [0.1, 0.15) is 0 Å². The zero-order chi connectivity index (χ0) is 21.3. The third kappa shape index (κ3) is 3.92.